The van der Waals surface area contributed by atoms with E-state index in [4.69, 9.17) is 0 Å². The number of sulfonamides is 1. The van der Waals surface area contributed by atoms with Crippen molar-refractivity contribution in [1.29, 1.82) is 0 Å². The Kier molecular flexibility index (Phi) is 5.71. The number of pyridine rings is 2. The predicted octanol–water partition coefficient (Wildman–Crippen LogP) is 3.26. The second-order valence-electron chi connectivity index (χ2n) is 6.35. The Morgan fingerprint density at radius 2 is 1.85 bits per heavy atom. The van der Waals surface area contributed by atoms with Crippen molar-refractivity contribution in [2.75, 3.05) is 23.2 Å². The zero-order valence-electron chi connectivity index (χ0n) is 15.3. The van der Waals surface area contributed by atoms with Gasteiger partial charge >= 0.3 is 0 Å². The summed E-state index contributed by atoms with van der Waals surface area (Å²) in [7, 11) is -1.67. The molecule has 3 rings (SSSR count). The summed E-state index contributed by atoms with van der Waals surface area (Å²) < 4.78 is 27.5. The van der Waals surface area contributed by atoms with E-state index in [2.05, 4.69) is 14.7 Å². The molecule has 1 N–H and O–H groups in total. The number of likely N-dealkylation sites (N-methyl/N-ethyl adjacent to an activating group) is 1. The van der Waals surface area contributed by atoms with Crippen LogP contribution in [0.25, 0.3) is 0 Å². The Bertz CT molecular complexity index is 990. The zero-order chi connectivity index (χ0) is 19.3. The van der Waals surface area contributed by atoms with Crippen LogP contribution >= 0.6 is 0 Å². The normalized spacial score (nSPS) is 11.2. The van der Waals surface area contributed by atoms with E-state index in [-0.39, 0.29) is 4.90 Å². The van der Waals surface area contributed by atoms with Gasteiger partial charge in [0.25, 0.3) is 10.0 Å². The number of anilines is 2. The maximum atomic E-state index is 12.5. The molecule has 1 aromatic carbocycles. The van der Waals surface area contributed by atoms with Crippen molar-refractivity contribution < 1.29 is 8.42 Å². The molecule has 0 aliphatic heterocycles. The van der Waals surface area contributed by atoms with Gasteiger partial charge in [-0.25, -0.2) is 13.4 Å². The van der Waals surface area contributed by atoms with Crippen molar-refractivity contribution in [3.05, 3.63) is 78.2 Å². The first-order valence-corrected chi connectivity index (χ1v) is 10.1. The molecular weight excluding hydrogens is 360 g/mol. The molecular formula is C20H22N4O2S. The molecule has 0 bridgehead atoms. The van der Waals surface area contributed by atoms with Crippen LogP contribution in [-0.2, 0) is 16.4 Å². The molecule has 7 heteroatoms. The Labute approximate surface area is 160 Å². The Morgan fingerprint density at radius 1 is 1.07 bits per heavy atom. The third kappa shape index (κ3) is 5.04. The highest BCUT2D eigenvalue weighted by Gasteiger charge is 2.14. The fraction of sp³-hybridized carbons (Fsp3) is 0.200. The van der Waals surface area contributed by atoms with E-state index in [1.165, 1.54) is 11.8 Å². The summed E-state index contributed by atoms with van der Waals surface area (Å²) in [6.07, 6.45) is 5.97. The maximum Gasteiger partial charge on any atom is 0.261 e. The first-order chi connectivity index (χ1) is 12.9. The number of hydrogen-bond donors (Lipinski definition) is 1. The van der Waals surface area contributed by atoms with Gasteiger partial charge in [0.1, 0.15) is 5.82 Å². The molecule has 0 unspecified atom stereocenters. The summed E-state index contributed by atoms with van der Waals surface area (Å²) in [6, 6.07) is 14.3. The third-order valence-corrected chi connectivity index (χ3v) is 5.56. The largest absolute Gasteiger partial charge is 0.359 e. The van der Waals surface area contributed by atoms with Crippen LogP contribution in [0.2, 0.25) is 0 Å². The highest BCUT2D eigenvalue weighted by molar-refractivity contribution is 7.92. The highest BCUT2D eigenvalue weighted by atomic mass is 32.2. The van der Waals surface area contributed by atoms with Gasteiger partial charge in [0.15, 0.2) is 0 Å². The quantitative estimate of drug-likeness (QED) is 0.679. The van der Waals surface area contributed by atoms with Crippen LogP contribution in [0.5, 0.6) is 0 Å². The van der Waals surface area contributed by atoms with Crippen LogP contribution in [0.15, 0.2) is 72.0 Å². The topological polar surface area (TPSA) is 75.2 Å². The van der Waals surface area contributed by atoms with E-state index in [0.717, 1.165) is 24.3 Å². The van der Waals surface area contributed by atoms with Crippen molar-refractivity contribution in [3.8, 4) is 0 Å². The van der Waals surface area contributed by atoms with Crippen LogP contribution in [-0.4, -0.2) is 32.0 Å². The van der Waals surface area contributed by atoms with Gasteiger partial charge in [-0.3, -0.25) is 9.71 Å². The zero-order valence-corrected chi connectivity index (χ0v) is 16.1. The summed E-state index contributed by atoms with van der Waals surface area (Å²) in [6.45, 7) is 2.66. The fourth-order valence-corrected chi connectivity index (χ4v) is 3.78. The minimum Gasteiger partial charge on any atom is -0.359 e. The van der Waals surface area contributed by atoms with Gasteiger partial charge in [-0.2, -0.15) is 0 Å². The average Bonchev–Trinajstić information content (AvgIpc) is 2.67. The molecule has 0 aliphatic rings. The number of aryl methyl sites for hydroxylation is 1. The molecule has 0 saturated heterocycles. The van der Waals surface area contributed by atoms with Gasteiger partial charge in [0.2, 0.25) is 0 Å². The van der Waals surface area contributed by atoms with Gasteiger partial charge in [-0.05, 0) is 60.9 Å². The molecule has 0 saturated carbocycles. The van der Waals surface area contributed by atoms with Gasteiger partial charge in [0.05, 0.1) is 16.8 Å². The van der Waals surface area contributed by atoms with Crippen LogP contribution in [0.3, 0.4) is 0 Å². The highest BCUT2D eigenvalue weighted by Crippen LogP contribution is 2.18. The molecule has 0 aliphatic carbocycles. The Hall–Kier alpha value is -2.93. The van der Waals surface area contributed by atoms with Gasteiger partial charge in [-0.1, -0.05) is 12.1 Å². The lowest BCUT2D eigenvalue weighted by atomic mass is 10.2. The third-order valence-electron chi connectivity index (χ3n) is 4.18. The van der Waals surface area contributed by atoms with E-state index in [0.29, 0.717) is 5.69 Å². The standard InChI is InChI=1S/C20H22N4O2S/c1-16-4-3-5-19(14-16)27(25,26)23-18-6-7-20(22-15-18)24(2)13-10-17-8-11-21-12-9-17/h3-9,11-12,14-15,23H,10,13H2,1-2H3. The second kappa shape index (κ2) is 8.18. The molecule has 140 valence electrons. The number of nitrogens with one attached hydrogen (secondary N) is 1. The van der Waals surface area contributed by atoms with Crippen LogP contribution in [0, 0.1) is 6.92 Å². The lowest BCUT2D eigenvalue weighted by Gasteiger charge is -2.18. The Morgan fingerprint density at radius 3 is 2.52 bits per heavy atom. The molecule has 0 atom stereocenters. The van der Waals surface area contributed by atoms with Crippen molar-refractivity contribution >= 4 is 21.5 Å². The first-order valence-electron chi connectivity index (χ1n) is 8.60. The van der Waals surface area contributed by atoms with Crippen molar-refractivity contribution in [3.63, 3.8) is 0 Å². The van der Waals surface area contributed by atoms with E-state index < -0.39 is 10.0 Å². The van der Waals surface area contributed by atoms with Crippen LogP contribution in [0.4, 0.5) is 11.5 Å². The Balaban J connectivity index is 1.64. The number of nitrogens with zero attached hydrogens (tertiary/aromatic N) is 3. The molecule has 0 fully saturated rings. The SMILES string of the molecule is Cc1cccc(S(=O)(=O)Nc2ccc(N(C)CCc3ccncc3)nc2)c1. The minimum atomic E-state index is -3.62. The molecule has 0 radical (unpaired) electrons. The van der Waals surface area contributed by atoms with E-state index in [1.807, 2.05) is 37.1 Å². The maximum absolute atomic E-state index is 12.5. The molecule has 6 nitrogen and oxygen atoms in total. The molecule has 0 spiro atoms. The minimum absolute atomic E-state index is 0.237. The summed E-state index contributed by atoms with van der Waals surface area (Å²) in [5.41, 5.74) is 2.53. The number of benzene rings is 1. The fourth-order valence-electron chi connectivity index (χ4n) is 2.63. The van der Waals surface area contributed by atoms with Crippen LogP contribution in [0.1, 0.15) is 11.1 Å². The summed E-state index contributed by atoms with van der Waals surface area (Å²) in [4.78, 5) is 10.7. The number of rotatable bonds is 7. The lowest BCUT2D eigenvalue weighted by Crippen LogP contribution is -2.21. The van der Waals surface area contributed by atoms with Crippen molar-refractivity contribution in [2.45, 2.75) is 18.2 Å². The van der Waals surface area contributed by atoms with Gasteiger partial charge in [0, 0.05) is 26.0 Å². The van der Waals surface area contributed by atoms with E-state index in [9.17, 15) is 8.42 Å². The molecule has 27 heavy (non-hydrogen) atoms. The van der Waals surface area contributed by atoms with Gasteiger partial charge in [-0.15, -0.1) is 0 Å². The second-order valence-corrected chi connectivity index (χ2v) is 8.04. The summed E-state index contributed by atoms with van der Waals surface area (Å²) >= 11 is 0. The molecule has 2 aromatic heterocycles. The summed E-state index contributed by atoms with van der Waals surface area (Å²) in [5, 5.41) is 0. The van der Waals surface area contributed by atoms with Crippen molar-refractivity contribution in [2.24, 2.45) is 0 Å². The number of aromatic nitrogens is 2. The smallest absolute Gasteiger partial charge is 0.261 e. The van der Waals surface area contributed by atoms with E-state index in [1.54, 1.807) is 42.7 Å². The van der Waals surface area contributed by atoms with Gasteiger partial charge < -0.3 is 4.90 Å². The average molecular weight is 382 g/mol. The van der Waals surface area contributed by atoms with E-state index >= 15 is 0 Å². The van der Waals surface area contributed by atoms with Crippen LogP contribution < -0.4 is 9.62 Å². The molecule has 2 heterocycles. The predicted molar refractivity (Wildman–Crippen MR) is 107 cm³/mol. The molecule has 3 aromatic rings. The first kappa shape index (κ1) is 18.8. The molecule has 0 amide bonds. The lowest BCUT2D eigenvalue weighted by molar-refractivity contribution is 0.601. The monoisotopic (exact) mass is 382 g/mol. The van der Waals surface area contributed by atoms with Crippen molar-refractivity contribution in [1.82, 2.24) is 9.97 Å². The number of hydrogen-bond acceptors (Lipinski definition) is 5. The summed E-state index contributed by atoms with van der Waals surface area (Å²) in [5.74, 6) is 0.780.